The molecule has 2 unspecified atom stereocenters. The van der Waals surface area contributed by atoms with Crippen LogP contribution in [0.1, 0.15) is 12.0 Å². The first kappa shape index (κ1) is 22.1. The highest BCUT2D eigenvalue weighted by molar-refractivity contribution is 5.88. The summed E-state index contributed by atoms with van der Waals surface area (Å²) < 4.78 is 49.3. The van der Waals surface area contributed by atoms with Crippen LogP contribution in [0.15, 0.2) is 49.3 Å². The third-order valence-electron chi connectivity index (χ3n) is 7.02. The van der Waals surface area contributed by atoms with Crippen molar-refractivity contribution in [3.05, 3.63) is 54.9 Å². The summed E-state index contributed by atoms with van der Waals surface area (Å²) >= 11 is 0. The molecule has 0 saturated carbocycles. The summed E-state index contributed by atoms with van der Waals surface area (Å²) in [5, 5.41) is 15.4. The monoisotopic (exact) mass is 485 g/mol. The summed E-state index contributed by atoms with van der Waals surface area (Å²) in [5.41, 5.74) is -0.332. The van der Waals surface area contributed by atoms with E-state index >= 15 is 0 Å². The van der Waals surface area contributed by atoms with Crippen LogP contribution in [-0.2, 0) is 10.3 Å². The minimum absolute atomic E-state index is 0.121. The molecule has 9 nitrogen and oxygen atoms in total. The predicted octanol–water partition coefficient (Wildman–Crippen LogP) is 2.68. The first-order chi connectivity index (χ1) is 16.8. The van der Waals surface area contributed by atoms with E-state index in [2.05, 4.69) is 25.0 Å². The second-order valence-corrected chi connectivity index (χ2v) is 8.97. The second kappa shape index (κ2) is 8.11. The number of H-pyrrole nitrogens is 1. The predicted molar refractivity (Wildman–Crippen MR) is 118 cm³/mol. The van der Waals surface area contributed by atoms with E-state index < -0.39 is 17.7 Å². The van der Waals surface area contributed by atoms with Gasteiger partial charge in [0.15, 0.2) is 17.1 Å². The molecule has 2 aliphatic rings. The highest BCUT2D eigenvalue weighted by Crippen LogP contribution is 2.48. The van der Waals surface area contributed by atoms with E-state index in [4.69, 9.17) is 4.74 Å². The normalized spacial score (nSPS) is 21.3. The fraction of sp³-hybridized carbons (Fsp3) is 0.391. The SMILES string of the molecule is OC(c1ccc(-n2cc(-c3ccnc4nc[nH]c34)cn2)nc1)(C1CCN(C2COC2)C1)C(F)(F)F. The number of fused-ring (bicyclic) bond motifs is 1. The summed E-state index contributed by atoms with van der Waals surface area (Å²) in [4.78, 5) is 17.6. The highest BCUT2D eigenvalue weighted by Gasteiger charge is 2.61. The number of alkyl halides is 3. The lowest BCUT2D eigenvalue weighted by atomic mass is 9.80. The number of hydrogen-bond donors (Lipinski definition) is 2. The third-order valence-corrected chi connectivity index (χ3v) is 7.02. The van der Waals surface area contributed by atoms with E-state index in [0.29, 0.717) is 31.2 Å². The molecule has 4 aromatic heterocycles. The molecule has 0 spiro atoms. The first-order valence-electron chi connectivity index (χ1n) is 11.3. The van der Waals surface area contributed by atoms with Crippen LogP contribution in [0.4, 0.5) is 13.2 Å². The molecule has 0 bridgehead atoms. The zero-order chi connectivity index (χ0) is 24.2. The summed E-state index contributed by atoms with van der Waals surface area (Å²) in [6, 6.07) is 4.66. The molecule has 2 saturated heterocycles. The Kier molecular flexibility index (Phi) is 5.13. The summed E-state index contributed by atoms with van der Waals surface area (Å²) in [5.74, 6) is -0.658. The van der Waals surface area contributed by atoms with Gasteiger partial charge in [-0.2, -0.15) is 18.3 Å². The van der Waals surface area contributed by atoms with Crippen molar-refractivity contribution in [1.82, 2.24) is 34.6 Å². The van der Waals surface area contributed by atoms with Crippen molar-refractivity contribution in [3.8, 4) is 16.9 Å². The number of halogens is 3. The Morgan fingerprint density at radius 3 is 2.66 bits per heavy atom. The second-order valence-electron chi connectivity index (χ2n) is 8.97. The van der Waals surface area contributed by atoms with Gasteiger partial charge in [-0.15, -0.1) is 0 Å². The standard InChI is InChI=1S/C23H22F3N7O2/c24-23(25,26)22(34,16-4-6-32(10-16)17-11-35-12-17)15-1-2-19(28-8-15)33-9-14(7-31-33)18-3-5-27-21-20(18)29-13-30-21/h1-3,5,7-9,13,16-17,34H,4,6,10-12H2,(H,27,29,30). The van der Waals surface area contributed by atoms with Crippen molar-refractivity contribution in [1.29, 1.82) is 0 Å². The quantitative estimate of drug-likeness (QED) is 0.448. The van der Waals surface area contributed by atoms with Gasteiger partial charge < -0.3 is 14.8 Å². The molecule has 0 radical (unpaired) electrons. The summed E-state index contributed by atoms with van der Waals surface area (Å²) in [6.07, 6.45) is 3.05. The Balaban J connectivity index is 1.28. The average molecular weight is 485 g/mol. The van der Waals surface area contributed by atoms with Gasteiger partial charge in [-0.25, -0.2) is 19.6 Å². The number of hydrogen-bond acceptors (Lipinski definition) is 7. The first-order valence-corrected chi connectivity index (χ1v) is 11.3. The molecule has 12 heteroatoms. The lowest BCUT2D eigenvalue weighted by Gasteiger charge is -2.38. The Hall–Kier alpha value is -3.35. The fourth-order valence-electron chi connectivity index (χ4n) is 4.95. The molecule has 0 aromatic carbocycles. The number of imidazole rings is 1. The van der Waals surface area contributed by atoms with Crippen LogP contribution in [-0.4, -0.2) is 78.2 Å². The van der Waals surface area contributed by atoms with Crippen molar-refractivity contribution in [2.24, 2.45) is 5.92 Å². The van der Waals surface area contributed by atoms with Crippen molar-refractivity contribution in [2.75, 3.05) is 26.3 Å². The molecule has 182 valence electrons. The van der Waals surface area contributed by atoms with E-state index in [9.17, 15) is 18.3 Å². The van der Waals surface area contributed by atoms with Gasteiger partial charge >= 0.3 is 6.18 Å². The van der Waals surface area contributed by atoms with Crippen molar-refractivity contribution < 1.29 is 23.0 Å². The van der Waals surface area contributed by atoms with Crippen LogP contribution in [0.5, 0.6) is 0 Å². The van der Waals surface area contributed by atoms with Crippen molar-refractivity contribution in [2.45, 2.75) is 24.2 Å². The number of nitrogens with one attached hydrogen (secondary N) is 1. The third kappa shape index (κ3) is 3.60. The number of likely N-dealkylation sites (tertiary alicyclic amines) is 1. The zero-order valence-electron chi connectivity index (χ0n) is 18.5. The molecule has 4 aromatic rings. The maximum atomic E-state index is 14.2. The maximum absolute atomic E-state index is 14.2. The molecule has 2 N–H and O–H groups in total. The number of ether oxygens (including phenoxy) is 1. The minimum atomic E-state index is -4.84. The number of aromatic amines is 1. The van der Waals surface area contributed by atoms with Crippen molar-refractivity contribution >= 4 is 11.2 Å². The smallest absolute Gasteiger partial charge is 0.378 e. The molecule has 2 fully saturated rings. The Bertz CT molecular complexity index is 1350. The Morgan fingerprint density at radius 2 is 1.94 bits per heavy atom. The highest BCUT2D eigenvalue weighted by atomic mass is 19.4. The Labute approximate surface area is 197 Å². The average Bonchev–Trinajstić information content (AvgIpc) is 3.57. The molecule has 35 heavy (non-hydrogen) atoms. The number of pyridine rings is 2. The Morgan fingerprint density at radius 1 is 1.09 bits per heavy atom. The van der Waals surface area contributed by atoms with E-state index in [1.165, 1.54) is 16.8 Å². The van der Waals surface area contributed by atoms with Gasteiger partial charge in [0.25, 0.3) is 0 Å². The molecule has 6 rings (SSSR count). The molecule has 0 aliphatic carbocycles. The molecule has 2 atom stereocenters. The molecule has 6 heterocycles. The van der Waals surface area contributed by atoms with Gasteiger partial charge in [0.1, 0.15) is 0 Å². The van der Waals surface area contributed by atoms with E-state index in [1.807, 2.05) is 11.0 Å². The van der Waals surface area contributed by atoms with Crippen LogP contribution in [0, 0.1) is 5.92 Å². The summed E-state index contributed by atoms with van der Waals surface area (Å²) in [6.45, 7) is 1.69. The number of rotatable bonds is 5. The van der Waals surface area contributed by atoms with E-state index in [1.54, 1.807) is 24.9 Å². The van der Waals surface area contributed by atoms with Gasteiger partial charge in [-0.3, -0.25) is 4.90 Å². The topological polar surface area (TPSA) is 105 Å². The van der Waals surface area contributed by atoms with E-state index in [0.717, 1.165) is 22.8 Å². The van der Waals surface area contributed by atoms with Gasteiger partial charge in [-0.1, -0.05) is 6.07 Å². The van der Waals surface area contributed by atoms with Gasteiger partial charge in [-0.05, 0) is 25.1 Å². The molecular weight excluding hydrogens is 463 g/mol. The zero-order valence-corrected chi connectivity index (χ0v) is 18.5. The number of aliphatic hydroxyl groups is 1. The van der Waals surface area contributed by atoms with Crippen LogP contribution in [0.25, 0.3) is 28.1 Å². The van der Waals surface area contributed by atoms with Crippen LogP contribution < -0.4 is 0 Å². The summed E-state index contributed by atoms with van der Waals surface area (Å²) in [7, 11) is 0. The largest absolute Gasteiger partial charge is 0.421 e. The van der Waals surface area contributed by atoms with Gasteiger partial charge in [0, 0.05) is 47.7 Å². The molecule has 2 aliphatic heterocycles. The van der Waals surface area contributed by atoms with Gasteiger partial charge in [0.05, 0.1) is 37.3 Å². The molecular formula is C23H22F3N7O2. The maximum Gasteiger partial charge on any atom is 0.421 e. The number of nitrogens with zero attached hydrogens (tertiary/aromatic N) is 6. The van der Waals surface area contributed by atoms with Crippen LogP contribution in [0.3, 0.4) is 0 Å². The minimum Gasteiger partial charge on any atom is -0.378 e. The lowest BCUT2D eigenvalue weighted by molar-refractivity contribution is -0.286. The van der Waals surface area contributed by atoms with Crippen LogP contribution >= 0.6 is 0 Å². The van der Waals surface area contributed by atoms with Crippen LogP contribution in [0.2, 0.25) is 0 Å². The van der Waals surface area contributed by atoms with E-state index in [-0.39, 0.29) is 24.6 Å². The van der Waals surface area contributed by atoms with Crippen molar-refractivity contribution in [3.63, 3.8) is 0 Å². The van der Waals surface area contributed by atoms with Gasteiger partial charge in [0.2, 0.25) is 0 Å². The number of aromatic nitrogens is 6. The fourth-order valence-corrected chi connectivity index (χ4v) is 4.95. The molecule has 0 amide bonds. The lowest BCUT2D eigenvalue weighted by Crippen LogP contribution is -2.52.